The highest BCUT2D eigenvalue weighted by Gasteiger charge is 2.18. The predicted octanol–water partition coefficient (Wildman–Crippen LogP) is 1.31. The van der Waals surface area contributed by atoms with Crippen molar-refractivity contribution in [2.45, 2.75) is 12.2 Å². The lowest BCUT2D eigenvalue weighted by Gasteiger charge is -2.17. The van der Waals surface area contributed by atoms with Crippen LogP contribution in [0.3, 0.4) is 0 Å². The van der Waals surface area contributed by atoms with Crippen LogP contribution in [0.25, 0.3) is 10.8 Å². The minimum atomic E-state index is -1.14. The molecule has 0 heterocycles. The number of methoxy groups -OCH3 is 2. The number of hydrogen-bond donors (Lipinski definition) is 3. The van der Waals surface area contributed by atoms with Gasteiger partial charge in [0.25, 0.3) is 0 Å². The fourth-order valence-electron chi connectivity index (χ4n) is 2.60. The summed E-state index contributed by atoms with van der Waals surface area (Å²) in [5.74, 6) is -0.533. The molecule has 2 atom stereocenters. The van der Waals surface area contributed by atoms with Crippen LogP contribution in [0.2, 0.25) is 0 Å². The first kappa shape index (κ1) is 20.9. The second kappa shape index (κ2) is 10.1. The van der Waals surface area contributed by atoms with E-state index in [1.54, 1.807) is 24.3 Å². The zero-order valence-electron chi connectivity index (χ0n) is 15.3. The molecule has 0 aromatic heterocycles. The van der Waals surface area contributed by atoms with Crippen LogP contribution in [0.4, 0.5) is 0 Å². The summed E-state index contributed by atoms with van der Waals surface area (Å²) in [5.41, 5.74) is -0.0244. The molecule has 3 N–H and O–H groups in total. The standard InChI is InChI=1S/C19H24O8/c1-24-8-12(20)10-26-17-5-3-4-15-14(17)6-7-16(19(22)23)18(15)27-11-13(21)9-25-2/h3-7,12-13,20-21H,8-11H2,1-2H3,(H,22,23). The molecule has 0 saturated carbocycles. The van der Waals surface area contributed by atoms with E-state index in [0.717, 1.165) is 0 Å². The Morgan fingerprint density at radius 1 is 0.889 bits per heavy atom. The van der Waals surface area contributed by atoms with Gasteiger partial charge >= 0.3 is 5.97 Å². The van der Waals surface area contributed by atoms with Crippen LogP contribution in [0.1, 0.15) is 10.4 Å². The highest BCUT2D eigenvalue weighted by molar-refractivity contribution is 6.02. The Labute approximate surface area is 156 Å². The van der Waals surface area contributed by atoms with Gasteiger partial charge in [-0.15, -0.1) is 0 Å². The van der Waals surface area contributed by atoms with Gasteiger partial charge in [0.2, 0.25) is 0 Å². The van der Waals surface area contributed by atoms with Crippen molar-refractivity contribution in [3.63, 3.8) is 0 Å². The van der Waals surface area contributed by atoms with Crippen LogP contribution in [-0.2, 0) is 9.47 Å². The lowest BCUT2D eigenvalue weighted by molar-refractivity contribution is 0.0321. The molecule has 2 rings (SSSR count). The summed E-state index contributed by atoms with van der Waals surface area (Å²) in [5, 5.41) is 30.2. The van der Waals surface area contributed by atoms with Crippen LogP contribution in [0.15, 0.2) is 30.3 Å². The van der Waals surface area contributed by atoms with E-state index in [2.05, 4.69) is 0 Å². The first-order chi connectivity index (χ1) is 13.0. The van der Waals surface area contributed by atoms with Gasteiger partial charge < -0.3 is 34.3 Å². The van der Waals surface area contributed by atoms with E-state index < -0.39 is 18.2 Å². The summed E-state index contributed by atoms with van der Waals surface area (Å²) in [6.45, 7) is 0.111. The van der Waals surface area contributed by atoms with E-state index in [-0.39, 0.29) is 37.7 Å². The van der Waals surface area contributed by atoms with Crippen molar-refractivity contribution >= 4 is 16.7 Å². The van der Waals surface area contributed by atoms with Gasteiger partial charge in [0, 0.05) is 25.0 Å². The van der Waals surface area contributed by atoms with Gasteiger partial charge in [-0.3, -0.25) is 0 Å². The van der Waals surface area contributed by atoms with Crippen molar-refractivity contribution in [1.82, 2.24) is 0 Å². The Kier molecular flexibility index (Phi) is 7.81. The molecule has 0 bridgehead atoms. The van der Waals surface area contributed by atoms with Crippen LogP contribution in [0.5, 0.6) is 11.5 Å². The Morgan fingerprint density at radius 3 is 2.11 bits per heavy atom. The van der Waals surface area contributed by atoms with Crippen LogP contribution >= 0.6 is 0 Å². The maximum Gasteiger partial charge on any atom is 0.339 e. The third-order valence-corrected chi connectivity index (χ3v) is 3.77. The number of fused-ring (bicyclic) bond motifs is 1. The summed E-state index contributed by atoms with van der Waals surface area (Å²) < 4.78 is 21.0. The number of aliphatic hydroxyl groups excluding tert-OH is 2. The second-order valence-electron chi connectivity index (χ2n) is 5.94. The Hall–Kier alpha value is -2.39. The Morgan fingerprint density at radius 2 is 1.52 bits per heavy atom. The number of carboxylic acid groups (broad SMARTS) is 1. The van der Waals surface area contributed by atoms with Crippen LogP contribution in [-0.4, -0.2) is 74.1 Å². The fourth-order valence-corrected chi connectivity index (χ4v) is 2.60. The third-order valence-electron chi connectivity index (χ3n) is 3.77. The molecular formula is C19H24O8. The molecule has 0 aliphatic carbocycles. The number of hydrogen-bond acceptors (Lipinski definition) is 7. The zero-order valence-corrected chi connectivity index (χ0v) is 15.3. The molecule has 0 aliphatic rings. The van der Waals surface area contributed by atoms with Gasteiger partial charge in [-0.05, 0) is 18.2 Å². The Balaban J connectivity index is 2.35. The molecule has 0 fully saturated rings. The smallest absolute Gasteiger partial charge is 0.339 e. The summed E-state index contributed by atoms with van der Waals surface area (Å²) in [6.07, 6.45) is -1.68. The van der Waals surface area contributed by atoms with Crippen molar-refractivity contribution in [3.8, 4) is 11.5 Å². The molecule has 8 nitrogen and oxygen atoms in total. The molecule has 0 saturated heterocycles. The van der Waals surface area contributed by atoms with Gasteiger partial charge in [-0.1, -0.05) is 12.1 Å². The minimum absolute atomic E-state index is 0.0242. The molecule has 0 spiro atoms. The van der Waals surface area contributed by atoms with E-state index in [0.29, 0.717) is 16.5 Å². The Bertz CT molecular complexity index is 761. The van der Waals surface area contributed by atoms with Crippen molar-refractivity contribution in [2.75, 3.05) is 40.6 Å². The van der Waals surface area contributed by atoms with Gasteiger partial charge in [0.15, 0.2) is 0 Å². The van der Waals surface area contributed by atoms with Gasteiger partial charge in [-0.25, -0.2) is 4.79 Å². The summed E-state index contributed by atoms with van der Waals surface area (Å²) in [4.78, 5) is 11.6. The molecule has 27 heavy (non-hydrogen) atoms. The van der Waals surface area contributed by atoms with Crippen LogP contribution < -0.4 is 9.47 Å². The number of ether oxygens (including phenoxy) is 4. The maximum absolute atomic E-state index is 11.6. The topological polar surface area (TPSA) is 115 Å². The fraction of sp³-hybridized carbons (Fsp3) is 0.421. The number of carboxylic acids is 1. The van der Waals surface area contributed by atoms with Crippen molar-refractivity contribution < 1.29 is 39.1 Å². The van der Waals surface area contributed by atoms with Crippen LogP contribution in [0, 0.1) is 0 Å². The summed E-state index contributed by atoms with van der Waals surface area (Å²) in [7, 11) is 2.93. The third kappa shape index (κ3) is 5.54. The normalized spacial score (nSPS) is 13.3. The first-order valence-corrected chi connectivity index (χ1v) is 8.36. The largest absolute Gasteiger partial charge is 0.490 e. The van der Waals surface area contributed by atoms with E-state index in [1.165, 1.54) is 20.3 Å². The van der Waals surface area contributed by atoms with Crippen molar-refractivity contribution in [3.05, 3.63) is 35.9 Å². The van der Waals surface area contributed by atoms with E-state index >= 15 is 0 Å². The molecule has 0 aliphatic heterocycles. The first-order valence-electron chi connectivity index (χ1n) is 8.36. The molecule has 0 amide bonds. The van der Waals surface area contributed by atoms with E-state index in [4.69, 9.17) is 18.9 Å². The average molecular weight is 380 g/mol. The molecule has 0 radical (unpaired) electrons. The molecule has 2 aromatic rings. The lowest BCUT2D eigenvalue weighted by atomic mass is 10.0. The zero-order chi connectivity index (χ0) is 19.8. The summed E-state index contributed by atoms with van der Waals surface area (Å²) >= 11 is 0. The van der Waals surface area contributed by atoms with Gasteiger partial charge in [0.1, 0.15) is 42.5 Å². The van der Waals surface area contributed by atoms with Gasteiger partial charge in [0.05, 0.1) is 13.2 Å². The molecule has 8 heteroatoms. The van der Waals surface area contributed by atoms with E-state index in [1.807, 2.05) is 0 Å². The van der Waals surface area contributed by atoms with E-state index in [9.17, 15) is 20.1 Å². The van der Waals surface area contributed by atoms with Gasteiger partial charge in [-0.2, -0.15) is 0 Å². The average Bonchev–Trinajstić information content (AvgIpc) is 2.64. The molecular weight excluding hydrogens is 356 g/mol. The SMILES string of the molecule is COCC(O)COc1cccc2c(OCC(O)COC)c(C(=O)O)ccc12. The molecule has 2 aromatic carbocycles. The van der Waals surface area contributed by atoms with Crippen molar-refractivity contribution in [2.24, 2.45) is 0 Å². The number of rotatable bonds is 11. The number of benzene rings is 2. The number of aliphatic hydroxyl groups is 2. The quantitative estimate of drug-likeness (QED) is 0.535. The highest BCUT2D eigenvalue weighted by Crippen LogP contribution is 2.35. The minimum Gasteiger partial charge on any atom is -0.490 e. The van der Waals surface area contributed by atoms with Crippen molar-refractivity contribution in [1.29, 1.82) is 0 Å². The highest BCUT2D eigenvalue weighted by atomic mass is 16.5. The summed E-state index contributed by atoms with van der Waals surface area (Å²) in [6, 6.07) is 8.16. The number of aromatic carboxylic acids is 1. The molecule has 148 valence electrons. The monoisotopic (exact) mass is 380 g/mol. The predicted molar refractivity (Wildman–Crippen MR) is 97.7 cm³/mol. The maximum atomic E-state index is 11.6. The lowest BCUT2D eigenvalue weighted by Crippen LogP contribution is -2.23. The molecule has 2 unspecified atom stereocenters. The second-order valence-corrected chi connectivity index (χ2v) is 5.94. The number of carbonyl (C=O) groups is 1.